The summed E-state index contributed by atoms with van der Waals surface area (Å²) >= 11 is 7.47. The fourth-order valence-electron chi connectivity index (χ4n) is 2.34. The highest BCUT2D eigenvalue weighted by molar-refractivity contribution is 7.99. The van der Waals surface area contributed by atoms with E-state index in [4.69, 9.17) is 16.3 Å². The maximum atomic E-state index is 12.2. The third-order valence-electron chi connectivity index (χ3n) is 3.68. The van der Waals surface area contributed by atoms with E-state index in [1.165, 1.54) is 5.56 Å². The smallest absolute Gasteiger partial charge is 0.230 e. The number of carbonyl (C=O) groups excluding carboxylic acids is 1. The average molecular weight is 364 g/mol. The van der Waals surface area contributed by atoms with Crippen LogP contribution in [0.5, 0.6) is 5.75 Å². The van der Waals surface area contributed by atoms with Crippen molar-refractivity contribution in [2.75, 3.05) is 12.9 Å². The molecule has 0 aromatic heterocycles. The van der Waals surface area contributed by atoms with Gasteiger partial charge in [-0.1, -0.05) is 42.8 Å². The van der Waals surface area contributed by atoms with Crippen molar-refractivity contribution in [1.82, 2.24) is 5.32 Å². The molecule has 0 fully saturated rings. The molecule has 1 amide bonds. The Labute approximate surface area is 152 Å². The van der Waals surface area contributed by atoms with Crippen molar-refractivity contribution in [3.05, 3.63) is 64.7 Å². The van der Waals surface area contributed by atoms with E-state index in [1.54, 1.807) is 18.9 Å². The molecule has 0 aliphatic heterocycles. The van der Waals surface area contributed by atoms with Crippen LogP contribution in [0.3, 0.4) is 0 Å². The number of ether oxygens (including phenoxy) is 1. The molecule has 24 heavy (non-hydrogen) atoms. The summed E-state index contributed by atoms with van der Waals surface area (Å²) in [5, 5.41) is 3.82. The summed E-state index contributed by atoms with van der Waals surface area (Å²) in [7, 11) is 1.64. The lowest BCUT2D eigenvalue weighted by Gasteiger charge is -2.17. The number of nitrogens with one attached hydrogen (secondary N) is 1. The first-order valence-corrected chi connectivity index (χ1v) is 9.41. The molecule has 2 aromatic carbocycles. The third-order valence-corrected chi connectivity index (χ3v) is 4.93. The van der Waals surface area contributed by atoms with Crippen molar-refractivity contribution in [1.29, 1.82) is 0 Å². The summed E-state index contributed by atoms with van der Waals surface area (Å²) in [6.07, 6.45) is 0.847. The molecular weight excluding hydrogens is 342 g/mol. The van der Waals surface area contributed by atoms with Gasteiger partial charge in [0.15, 0.2) is 0 Å². The second kappa shape index (κ2) is 9.60. The summed E-state index contributed by atoms with van der Waals surface area (Å²) in [6.45, 7) is 2.07. The van der Waals surface area contributed by atoms with Gasteiger partial charge in [0.05, 0.1) is 18.9 Å². The summed E-state index contributed by atoms with van der Waals surface area (Å²) in [5.41, 5.74) is 2.26. The van der Waals surface area contributed by atoms with Crippen LogP contribution in [0.2, 0.25) is 5.02 Å². The molecular formula is C19H22ClNO2S. The van der Waals surface area contributed by atoms with Gasteiger partial charge in [0.1, 0.15) is 5.75 Å². The van der Waals surface area contributed by atoms with Crippen molar-refractivity contribution in [3.8, 4) is 5.75 Å². The fourth-order valence-corrected chi connectivity index (χ4v) is 3.26. The topological polar surface area (TPSA) is 38.3 Å². The molecule has 128 valence electrons. The lowest BCUT2D eigenvalue weighted by Crippen LogP contribution is -2.29. The molecule has 0 saturated heterocycles. The maximum absolute atomic E-state index is 12.2. The number of amides is 1. The Morgan fingerprint density at radius 2 is 1.83 bits per heavy atom. The third kappa shape index (κ3) is 5.77. The van der Waals surface area contributed by atoms with Gasteiger partial charge in [0.25, 0.3) is 0 Å². The van der Waals surface area contributed by atoms with Gasteiger partial charge in [0.2, 0.25) is 5.91 Å². The highest BCUT2D eigenvalue weighted by Gasteiger charge is 2.12. The Kier molecular flexibility index (Phi) is 7.47. The van der Waals surface area contributed by atoms with Gasteiger partial charge in [-0.2, -0.15) is 0 Å². The number of benzene rings is 2. The van der Waals surface area contributed by atoms with Crippen LogP contribution in [0.4, 0.5) is 0 Å². The summed E-state index contributed by atoms with van der Waals surface area (Å²) in [4.78, 5) is 12.2. The van der Waals surface area contributed by atoms with Gasteiger partial charge in [0, 0.05) is 10.8 Å². The Morgan fingerprint density at radius 1 is 1.17 bits per heavy atom. The van der Waals surface area contributed by atoms with E-state index in [2.05, 4.69) is 12.2 Å². The standard InChI is InChI=1S/C19H22ClNO2S/c1-3-18(15-6-10-17(23-2)11-7-15)21-19(22)13-24-12-14-4-8-16(20)9-5-14/h4-11,18H,3,12-13H2,1-2H3,(H,21,22)/t18-/m1/s1. The molecule has 0 aliphatic carbocycles. The summed E-state index contributed by atoms with van der Waals surface area (Å²) < 4.78 is 5.17. The summed E-state index contributed by atoms with van der Waals surface area (Å²) in [6, 6.07) is 15.6. The van der Waals surface area contributed by atoms with Crippen LogP contribution in [-0.2, 0) is 10.5 Å². The normalized spacial score (nSPS) is 11.8. The minimum Gasteiger partial charge on any atom is -0.497 e. The molecule has 0 heterocycles. The predicted molar refractivity (Wildman–Crippen MR) is 102 cm³/mol. The van der Waals surface area contributed by atoms with Crippen molar-refractivity contribution in [2.45, 2.75) is 25.1 Å². The van der Waals surface area contributed by atoms with E-state index in [0.29, 0.717) is 5.75 Å². The number of methoxy groups -OCH3 is 1. The van der Waals surface area contributed by atoms with Gasteiger partial charge in [-0.05, 0) is 41.8 Å². The fraction of sp³-hybridized carbons (Fsp3) is 0.316. The number of rotatable bonds is 8. The van der Waals surface area contributed by atoms with Gasteiger partial charge >= 0.3 is 0 Å². The van der Waals surface area contributed by atoms with Gasteiger partial charge < -0.3 is 10.1 Å². The molecule has 1 N–H and O–H groups in total. The zero-order chi connectivity index (χ0) is 17.4. The molecule has 0 unspecified atom stereocenters. The first-order valence-electron chi connectivity index (χ1n) is 7.88. The van der Waals surface area contributed by atoms with Crippen LogP contribution in [0.1, 0.15) is 30.5 Å². The second-order valence-electron chi connectivity index (χ2n) is 5.42. The molecule has 1 atom stereocenters. The lowest BCUT2D eigenvalue weighted by molar-refractivity contribution is -0.119. The van der Waals surface area contributed by atoms with Crippen LogP contribution in [-0.4, -0.2) is 18.8 Å². The molecule has 0 radical (unpaired) electrons. The van der Waals surface area contributed by atoms with Crippen LogP contribution in [0.25, 0.3) is 0 Å². The van der Waals surface area contributed by atoms with E-state index < -0.39 is 0 Å². The molecule has 0 saturated carbocycles. The van der Waals surface area contributed by atoms with Crippen molar-refractivity contribution in [3.63, 3.8) is 0 Å². The highest BCUT2D eigenvalue weighted by Crippen LogP contribution is 2.21. The minimum atomic E-state index is 0.0274. The van der Waals surface area contributed by atoms with Gasteiger partial charge in [-0.25, -0.2) is 0 Å². The molecule has 3 nitrogen and oxygen atoms in total. The zero-order valence-corrected chi connectivity index (χ0v) is 15.5. The molecule has 2 aromatic rings. The Hall–Kier alpha value is -1.65. The number of carbonyl (C=O) groups is 1. The summed E-state index contributed by atoms with van der Waals surface area (Å²) in [5.74, 6) is 2.11. The van der Waals surface area contributed by atoms with Crippen molar-refractivity contribution >= 4 is 29.3 Å². The maximum Gasteiger partial charge on any atom is 0.230 e. The monoisotopic (exact) mass is 363 g/mol. The van der Waals surface area contributed by atoms with Gasteiger partial charge in [-0.15, -0.1) is 11.8 Å². The molecule has 2 rings (SSSR count). The molecule has 0 aliphatic rings. The quantitative estimate of drug-likeness (QED) is 0.728. The Morgan fingerprint density at radius 3 is 2.42 bits per heavy atom. The van der Waals surface area contributed by atoms with Gasteiger partial charge in [-0.3, -0.25) is 4.79 Å². The molecule has 0 spiro atoms. The van der Waals surface area contributed by atoms with Crippen molar-refractivity contribution < 1.29 is 9.53 Å². The van der Waals surface area contributed by atoms with E-state index >= 15 is 0 Å². The number of thioether (sulfide) groups is 1. The first kappa shape index (κ1) is 18.7. The van der Waals surface area contributed by atoms with E-state index in [-0.39, 0.29) is 11.9 Å². The Balaban J connectivity index is 1.81. The van der Waals surface area contributed by atoms with Crippen LogP contribution >= 0.6 is 23.4 Å². The zero-order valence-electron chi connectivity index (χ0n) is 13.9. The van der Waals surface area contributed by atoms with Crippen molar-refractivity contribution in [2.24, 2.45) is 0 Å². The van der Waals surface area contributed by atoms with E-state index in [0.717, 1.165) is 28.5 Å². The lowest BCUT2D eigenvalue weighted by atomic mass is 10.0. The van der Waals surface area contributed by atoms with Crippen LogP contribution in [0.15, 0.2) is 48.5 Å². The minimum absolute atomic E-state index is 0.0274. The van der Waals surface area contributed by atoms with Crippen LogP contribution in [0, 0.1) is 0 Å². The van der Waals surface area contributed by atoms with E-state index in [9.17, 15) is 4.79 Å². The largest absolute Gasteiger partial charge is 0.497 e. The SMILES string of the molecule is CC[C@@H](NC(=O)CSCc1ccc(Cl)cc1)c1ccc(OC)cc1. The number of hydrogen-bond acceptors (Lipinski definition) is 3. The second-order valence-corrected chi connectivity index (χ2v) is 6.84. The highest BCUT2D eigenvalue weighted by atomic mass is 35.5. The van der Waals surface area contributed by atoms with E-state index in [1.807, 2.05) is 48.5 Å². The first-order chi connectivity index (χ1) is 11.6. The molecule has 5 heteroatoms. The predicted octanol–water partition coefficient (Wildman–Crippen LogP) is 4.85. The molecule has 0 bridgehead atoms. The Bertz CT molecular complexity index is 643. The average Bonchev–Trinajstić information content (AvgIpc) is 2.61. The van der Waals surface area contributed by atoms with Crippen LogP contribution < -0.4 is 10.1 Å². The number of hydrogen-bond donors (Lipinski definition) is 1. The number of halogens is 1.